The molecular formula is C24H18FN5O. The Morgan fingerprint density at radius 2 is 1.77 bits per heavy atom. The van der Waals surface area contributed by atoms with Gasteiger partial charge in [-0.2, -0.15) is 0 Å². The molecular weight excluding hydrogens is 393 g/mol. The van der Waals surface area contributed by atoms with Gasteiger partial charge in [-0.1, -0.05) is 12.1 Å². The third kappa shape index (κ3) is 3.36. The highest BCUT2D eigenvalue weighted by molar-refractivity contribution is 5.84. The van der Waals surface area contributed by atoms with E-state index in [9.17, 15) is 4.39 Å². The molecule has 1 aliphatic heterocycles. The largest absolute Gasteiger partial charge is 0.480 e. The minimum absolute atomic E-state index is 0.284. The van der Waals surface area contributed by atoms with Crippen molar-refractivity contribution in [1.82, 2.24) is 14.5 Å². The van der Waals surface area contributed by atoms with E-state index in [4.69, 9.17) is 15.1 Å². The average Bonchev–Trinajstić information content (AvgIpc) is 2.79. The van der Waals surface area contributed by atoms with E-state index in [1.54, 1.807) is 37.6 Å². The Balaban J connectivity index is 1.74. The van der Waals surface area contributed by atoms with E-state index in [-0.39, 0.29) is 11.2 Å². The first kappa shape index (κ1) is 18.7. The van der Waals surface area contributed by atoms with Crippen molar-refractivity contribution in [2.75, 3.05) is 12.4 Å². The molecule has 31 heavy (non-hydrogen) atoms. The van der Waals surface area contributed by atoms with Crippen molar-refractivity contribution in [1.29, 1.82) is 5.41 Å². The summed E-state index contributed by atoms with van der Waals surface area (Å²) in [6.45, 7) is 0. The first-order chi connectivity index (χ1) is 15.1. The van der Waals surface area contributed by atoms with E-state index in [1.165, 1.54) is 12.1 Å². The van der Waals surface area contributed by atoms with Gasteiger partial charge >= 0.3 is 0 Å². The molecule has 2 heterocycles. The number of pyridine rings is 1. The second-order valence-electron chi connectivity index (χ2n) is 6.98. The second-order valence-corrected chi connectivity index (χ2v) is 6.98. The van der Waals surface area contributed by atoms with Crippen LogP contribution in [-0.2, 0) is 0 Å². The quantitative estimate of drug-likeness (QED) is 0.413. The van der Waals surface area contributed by atoms with E-state index >= 15 is 0 Å². The summed E-state index contributed by atoms with van der Waals surface area (Å²) in [4.78, 5) is 8.99. The molecule has 5 rings (SSSR count). The number of fused-ring (bicyclic) bond motifs is 2. The van der Waals surface area contributed by atoms with Crippen LogP contribution in [0.4, 0.5) is 15.8 Å². The summed E-state index contributed by atoms with van der Waals surface area (Å²) in [7, 11) is 1.55. The summed E-state index contributed by atoms with van der Waals surface area (Å²) in [5.41, 5.74) is 5.14. The molecule has 1 aromatic heterocycles. The molecule has 0 spiro atoms. The van der Waals surface area contributed by atoms with Crippen molar-refractivity contribution in [2.45, 2.75) is 0 Å². The monoisotopic (exact) mass is 411 g/mol. The molecule has 0 radical (unpaired) electrons. The van der Waals surface area contributed by atoms with Gasteiger partial charge in [0.25, 0.3) is 0 Å². The van der Waals surface area contributed by atoms with E-state index < -0.39 is 0 Å². The Hall–Kier alpha value is -4.26. The Labute approximate surface area is 177 Å². The predicted octanol–water partition coefficient (Wildman–Crippen LogP) is 4.90. The molecule has 3 aromatic rings. The molecule has 152 valence electrons. The highest BCUT2D eigenvalue weighted by atomic mass is 19.1. The molecule has 2 N–H and O–H groups in total. The van der Waals surface area contributed by atoms with Gasteiger partial charge in [-0.05, 0) is 60.7 Å². The summed E-state index contributed by atoms with van der Waals surface area (Å²) in [6, 6.07) is 21.3. The van der Waals surface area contributed by atoms with Crippen LogP contribution in [0.2, 0.25) is 0 Å². The first-order valence-corrected chi connectivity index (χ1v) is 9.66. The smallest absolute Gasteiger partial charge is 0.237 e. The van der Waals surface area contributed by atoms with E-state index in [2.05, 4.69) is 10.3 Å². The van der Waals surface area contributed by atoms with Crippen molar-refractivity contribution in [2.24, 2.45) is 0 Å². The number of ether oxygens (including phenoxy) is 1. The van der Waals surface area contributed by atoms with E-state index in [0.29, 0.717) is 22.9 Å². The lowest BCUT2D eigenvalue weighted by Crippen LogP contribution is -2.14. The third-order valence-corrected chi connectivity index (χ3v) is 5.04. The Morgan fingerprint density at radius 1 is 0.968 bits per heavy atom. The maximum atomic E-state index is 13.5. The van der Waals surface area contributed by atoms with Gasteiger partial charge in [0.15, 0.2) is 0 Å². The Morgan fingerprint density at radius 3 is 2.58 bits per heavy atom. The SMILES string of the molecule is COc1ncccc1Nc1cc2nc3ccccc3n(-c3ccc(F)cc3)c-2cc1=N. The summed E-state index contributed by atoms with van der Waals surface area (Å²) < 4.78 is 20.8. The minimum atomic E-state index is -0.301. The molecule has 0 saturated carbocycles. The summed E-state index contributed by atoms with van der Waals surface area (Å²) in [6.07, 6.45) is 1.64. The average molecular weight is 411 g/mol. The fourth-order valence-corrected chi connectivity index (χ4v) is 3.62. The third-order valence-electron chi connectivity index (χ3n) is 5.04. The predicted molar refractivity (Wildman–Crippen MR) is 118 cm³/mol. The zero-order chi connectivity index (χ0) is 21.4. The summed E-state index contributed by atoms with van der Waals surface area (Å²) >= 11 is 0. The van der Waals surface area contributed by atoms with E-state index in [0.717, 1.165) is 22.4 Å². The second kappa shape index (κ2) is 7.53. The number of hydrogen-bond acceptors (Lipinski definition) is 5. The fraction of sp³-hybridized carbons (Fsp3) is 0.0417. The number of para-hydroxylation sites is 2. The summed E-state index contributed by atoms with van der Waals surface area (Å²) in [5.74, 6) is 0.139. The van der Waals surface area contributed by atoms with Gasteiger partial charge in [-0.3, -0.25) is 5.41 Å². The number of hydrogen-bond donors (Lipinski definition) is 2. The molecule has 2 aliphatic rings. The van der Waals surface area contributed by atoms with Crippen LogP contribution in [0.25, 0.3) is 28.1 Å². The van der Waals surface area contributed by atoms with Crippen LogP contribution >= 0.6 is 0 Å². The number of rotatable bonds is 4. The van der Waals surface area contributed by atoms with Gasteiger partial charge in [0, 0.05) is 11.9 Å². The van der Waals surface area contributed by atoms with Gasteiger partial charge in [0.05, 0.1) is 40.6 Å². The van der Waals surface area contributed by atoms with Gasteiger partial charge < -0.3 is 14.6 Å². The lowest BCUT2D eigenvalue weighted by Gasteiger charge is -2.20. The van der Waals surface area contributed by atoms with E-state index in [1.807, 2.05) is 41.0 Å². The van der Waals surface area contributed by atoms with Crippen LogP contribution in [-0.4, -0.2) is 21.6 Å². The lowest BCUT2D eigenvalue weighted by atomic mass is 10.1. The van der Waals surface area contributed by atoms with Crippen molar-refractivity contribution in [3.05, 3.63) is 90.2 Å². The lowest BCUT2D eigenvalue weighted by molar-refractivity contribution is 0.400. The zero-order valence-electron chi connectivity index (χ0n) is 16.6. The van der Waals surface area contributed by atoms with Gasteiger partial charge in [0.2, 0.25) is 5.88 Å². The number of nitrogens with one attached hydrogen (secondary N) is 2. The van der Waals surface area contributed by atoms with Crippen LogP contribution in [0.15, 0.2) is 79.0 Å². The summed E-state index contributed by atoms with van der Waals surface area (Å²) in [5, 5.41) is 12.1. The molecule has 7 heteroatoms. The van der Waals surface area contributed by atoms with Crippen LogP contribution in [0.5, 0.6) is 5.88 Å². The van der Waals surface area contributed by atoms with Crippen molar-refractivity contribution in [3.8, 4) is 23.0 Å². The highest BCUT2D eigenvalue weighted by Crippen LogP contribution is 2.31. The number of anilines is 2. The zero-order valence-corrected chi connectivity index (χ0v) is 16.6. The van der Waals surface area contributed by atoms with Crippen molar-refractivity contribution in [3.63, 3.8) is 0 Å². The minimum Gasteiger partial charge on any atom is -0.480 e. The van der Waals surface area contributed by atoms with Crippen LogP contribution < -0.4 is 15.4 Å². The number of aromatic nitrogens is 3. The normalized spacial score (nSPS) is 11.0. The van der Waals surface area contributed by atoms with Gasteiger partial charge in [-0.25, -0.2) is 14.4 Å². The van der Waals surface area contributed by atoms with Crippen LogP contribution in [0.1, 0.15) is 0 Å². The first-order valence-electron chi connectivity index (χ1n) is 9.66. The topological polar surface area (TPSA) is 75.8 Å². The maximum absolute atomic E-state index is 13.5. The highest BCUT2D eigenvalue weighted by Gasteiger charge is 2.16. The molecule has 0 unspecified atom stereocenters. The number of methoxy groups -OCH3 is 1. The van der Waals surface area contributed by atoms with Crippen LogP contribution in [0.3, 0.4) is 0 Å². The molecule has 2 aromatic carbocycles. The molecule has 0 bridgehead atoms. The maximum Gasteiger partial charge on any atom is 0.237 e. The number of benzene rings is 3. The molecule has 0 atom stereocenters. The Bertz CT molecular complexity index is 1430. The van der Waals surface area contributed by atoms with Crippen molar-refractivity contribution < 1.29 is 9.13 Å². The van der Waals surface area contributed by atoms with Crippen LogP contribution in [0, 0.1) is 11.2 Å². The standard InChI is InChI=1S/C24H18FN5O/c1-31-24-19(6-4-12-27-24)29-20-14-21-23(13-17(20)26)30(16-10-8-15(25)9-11-16)22-7-3-2-5-18(22)28-21/h2-14,26,29H,1H3. The Kier molecular flexibility index (Phi) is 4.55. The van der Waals surface area contributed by atoms with Gasteiger partial charge in [0.1, 0.15) is 11.5 Å². The molecule has 0 saturated heterocycles. The number of nitrogens with zero attached hydrogens (tertiary/aromatic N) is 3. The molecule has 1 aliphatic carbocycles. The molecule has 6 nitrogen and oxygen atoms in total. The number of halogens is 1. The van der Waals surface area contributed by atoms with Gasteiger partial charge in [-0.15, -0.1) is 0 Å². The van der Waals surface area contributed by atoms with Crippen molar-refractivity contribution >= 4 is 22.4 Å². The molecule has 0 amide bonds. The fourth-order valence-electron chi connectivity index (χ4n) is 3.62. The molecule has 0 fully saturated rings.